The molecule has 4 rings (SSSR count). The molecule has 34 heavy (non-hydrogen) atoms. The first-order chi connectivity index (χ1) is 16.6. The van der Waals surface area contributed by atoms with Gasteiger partial charge in [-0.2, -0.15) is 0 Å². The van der Waals surface area contributed by atoms with Gasteiger partial charge >= 0.3 is 0 Å². The summed E-state index contributed by atoms with van der Waals surface area (Å²) in [4.78, 5) is 29.9. The van der Waals surface area contributed by atoms with Crippen molar-refractivity contribution in [3.63, 3.8) is 0 Å². The second kappa shape index (κ2) is 12.0. The minimum absolute atomic E-state index is 0.0325. The highest BCUT2D eigenvalue weighted by molar-refractivity contribution is 5.95. The number of hydrogen-bond acceptors (Lipinski definition) is 6. The quantitative estimate of drug-likeness (QED) is 0.739. The predicted molar refractivity (Wildman–Crippen MR) is 129 cm³/mol. The van der Waals surface area contributed by atoms with Crippen LogP contribution >= 0.6 is 0 Å². The van der Waals surface area contributed by atoms with E-state index in [9.17, 15) is 9.59 Å². The lowest BCUT2D eigenvalue weighted by Crippen LogP contribution is -2.49. The Hall–Kier alpha value is -2.94. The van der Waals surface area contributed by atoms with Gasteiger partial charge < -0.3 is 24.4 Å². The fraction of sp³-hybridized carbons (Fsp3) is 0.462. The molecule has 2 amide bonds. The molecule has 2 aliphatic rings. The Balaban J connectivity index is 1.53. The van der Waals surface area contributed by atoms with E-state index in [1.807, 2.05) is 41.3 Å². The maximum Gasteiger partial charge on any atom is 0.253 e. The van der Waals surface area contributed by atoms with Crippen molar-refractivity contribution >= 4 is 11.8 Å². The van der Waals surface area contributed by atoms with Crippen LogP contribution in [0.2, 0.25) is 0 Å². The van der Waals surface area contributed by atoms with Crippen molar-refractivity contribution in [3.8, 4) is 5.75 Å². The van der Waals surface area contributed by atoms with E-state index in [1.54, 1.807) is 13.2 Å². The number of carbonyl (C=O) groups excluding carboxylic acids is 2. The number of amides is 2. The molecule has 8 nitrogen and oxygen atoms in total. The first kappa shape index (κ1) is 24.2. The predicted octanol–water partition coefficient (Wildman–Crippen LogP) is 1.82. The summed E-state index contributed by atoms with van der Waals surface area (Å²) in [6, 6.07) is 13.2. The number of hydrogen-bond donors (Lipinski definition) is 1. The molecule has 0 spiro atoms. The van der Waals surface area contributed by atoms with Crippen LogP contribution < -0.4 is 10.1 Å². The lowest BCUT2D eigenvalue weighted by atomic mass is 9.99. The monoisotopic (exact) mass is 467 g/mol. The van der Waals surface area contributed by atoms with Crippen LogP contribution in [0.3, 0.4) is 0 Å². The van der Waals surface area contributed by atoms with Crippen LogP contribution in [0.15, 0.2) is 42.5 Å². The molecule has 1 saturated heterocycles. The molecule has 0 radical (unpaired) electrons. The van der Waals surface area contributed by atoms with Crippen LogP contribution in [0.4, 0.5) is 0 Å². The van der Waals surface area contributed by atoms with Gasteiger partial charge in [0, 0.05) is 63.9 Å². The number of nitrogens with one attached hydrogen (secondary N) is 1. The third-order valence-corrected chi connectivity index (χ3v) is 6.18. The van der Waals surface area contributed by atoms with Crippen LogP contribution in [-0.2, 0) is 15.9 Å². The van der Waals surface area contributed by atoms with E-state index < -0.39 is 0 Å². The van der Waals surface area contributed by atoms with Crippen LogP contribution in [0.1, 0.15) is 31.8 Å². The maximum absolute atomic E-state index is 13.3. The molecular formula is C26H33N3O5. The van der Waals surface area contributed by atoms with Gasteiger partial charge in [0.1, 0.15) is 12.4 Å². The van der Waals surface area contributed by atoms with E-state index in [4.69, 9.17) is 14.2 Å². The Morgan fingerprint density at radius 2 is 1.91 bits per heavy atom. The van der Waals surface area contributed by atoms with Gasteiger partial charge in [-0.1, -0.05) is 12.1 Å². The number of piperazine rings is 1. The van der Waals surface area contributed by atoms with Crippen LogP contribution in [0.5, 0.6) is 5.75 Å². The number of carbonyl (C=O) groups is 2. The van der Waals surface area contributed by atoms with Crippen LogP contribution in [0, 0.1) is 0 Å². The molecular weight excluding hydrogens is 434 g/mol. The summed E-state index contributed by atoms with van der Waals surface area (Å²) >= 11 is 0. The van der Waals surface area contributed by atoms with E-state index >= 15 is 0 Å². The lowest BCUT2D eigenvalue weighted by molar-refractivity contribution is 0.0594. The molecule has 0 aromatic heterocycles. The molecule has 0 aliphatic carbocycles. The Labute approximate surface area is 200 Å². The summed E-state index contributed by atoms with van der Waals surface area (Å²) in [7, 11) is 1.71. The zero-order valence-corrected chi connectivity index (χ0v) is 19.8. The fourth-order valence-corrected chi connectivity index (χ4v) is 4.26. The average Bonchev–Trinajstić information content (AvgIpc) is 2.87. The molecule has 2 aromatic rings. The molecule has 1 fully saturated rings. The largest absolute Gasteiger partial charge is 0.491 e. The Bertz CT molecular complexity index is 988. The molecule has 2 aliphatic heterocycles. The second-order valence-corrected chi connectivity index (χ2v) is 8.54. The summed E-state index contributed by atoms with van der Waals surface area (Å²) in [6.45, 7) is 6.37. The van der Waals surface area contributed by atoms with Crippen LogP contribution in [0.25, 0.3) is 0 Å². The van der Waals surface area contributed by atoms with E-state index in [2.05, 4.69) is 10.2 Å². The summed E-state index contributed by atoms with van der Waals surface area (Å²) in [5.41, 5.74) is 3.16. The van der Waals surface area contributed by atoms with Gasteiger partial charge in [-0.25, -0.2) is 0 Å². The number of nitrogens with zero attached hydrogens (tertiary/aromatic N) is 2. The van der Waals surface area contributed by atoms with Gasteiger partial charge in [0.15, 0.2) is 0 Å². The molecule has 1 N–H and O–H groups in total. The molecule has 2 bridgehead atoms. The van der Waals surface area contributed by atoms with Crippen molar-refractivity contribution in [2.24, 2.45) is 0 Å². The van der Waals surface area contributed by atoms with Crippen molar-refractivity contribution in [1.82, 2.24) is 15.1 Å². The van der Waals surface area contributed by atoms with Gasteiger partial charge in [0.25, 0.3) is 11.8 Å². The van der Waals surface area contributed by atoms with Gasteiger partial charge in [-0.15, -0.1) is 0 Å². The van der Waals surface area contributed by atoms with Gasteiger partial charge in [-0.3, -0.25) is 14.5 Å². The summed E-state index contributed by atoms with van der Waals surface area (Å²) in [5, 5.41) is 2.87. The lowest BCUT2D eigenvalue weighted by Gasteiger charge is -2.34. The van der Waals surface area contributed by atoms with Gasteiger partial charge in [0.05, 0.1) is 19.8 Å². The van der Waals surface area contributed by atoms with Crippen molar-refractivity contribution < 1.29 is 23.8 Å². The SMILES string of the molecule is COCCN1CCN(C(=O)c2ccc3c(c2)Cc2cccc(c2)C(=O)NCCOCCO3)CC1. The number of fused-ring (bicyclic) bond motifs is 3. The zero-order chi connectivity index (χ0) is 23.8. The van der Waals surface area contributed by atoms with E-state index in [-0.39, 0.29) is 11.8 Å². The van der Waals surface area contributed by atoms with Gasteiger partial charge in [-0.05, 0) is 41.5 Å². The Morgan fingerprint density at radius 3 is 2.74 bits per heavy atom. The first-order valence-corrected chi connectivity index (χ1v) is 11.9. The van der Waals surface area contributed by atoms with Crippen molar-refractivity contribution in [2.45, 2.75) is 6.42 Å². The zero-order valence-electron chi connectivity index (χ0n) is 19.8. The maximum atomic E-state index is 13.3. The summed E-state index contributed by atoms with van der Waals surface area (Å²) < 4.78 is 16.7. The second-order valence-electron chi connectivity index (χ2n) is 8.54. The summed E-state index contributed by atoms with van der Waals surface area (Å²) in [5.74, 6) is 0.647. The third kappa shape index (κ3) is 6.34. The van der Waals surface area contributed by atoms with E-state index in [0.717, 1.165) is 36.5 Å². The minimum atomic E-state index is -0.118. The number of ether oxygens (including phenoxy) is 3. The van der Waals surface area contributed by atoms with Crippen molar-refractivity contribution in [2.75, 3.05) is 72.8 Å². The highest BCUT2D eigenvalue weighted by Gasteiger charge is 2.23. The standard InChI is InChI=1S/C26H33N3O5/c1-32-14-12-28-8-10-29(11-9-28)26(31)22-5-6-24-23(19-22)18-20-3-2-4-21(17-20)25(30)27-7-13-33-15-16-34-24/h2-6,17,19H,7-16,18H2,1H3,(H,27,30). The molecule has 0 atom stereocenters. The highest BCUT2D eigenvalue weighted by Crippen LogP contribution is 2.25. The molecule has 182 valence electrons. The number of benzene rings is 2. The van der Waals surface area contributed by atoms with Crippen molar-refractivity contribution in [3.05, 3.63) is 64.7 Å². The normalized spacial score (nSPS) is 17.8. The number of methoxy groups -OCH3 is 1. The van der Waals surface area contributed by atoms with Crippen molar-refractivity contribution in [1.29, 1.82) is 0 Å². The molecule has 2 aromatic carbocycles. The van der Waals surface area contributed by atoms with E-state index in [1.165, 1.54) is 0 Å². The molecule has 2 heterocycles. The minimum Gasteiger partial charge on any atom is -0.491 e. The molecule has 0 unspecified atom stereocenters. The molecule has 8 heteroatoms. The first-order valence-electron chi connectivity index (χ1n) is 11.9. The van der Waals surface area contributed by atoms with Gasteiger partial charge in [0.2, 0.25) is 0 Å². The van der Waals surface area contributed by atoms with E-state index in [0.29, 0.717) is 63.6 Å². The number of rotatable bonds is 4. The Morgan fingerprint density at radius 1 is 1.06 bits per heavy atom. The van der Waals surface area contributed by atoms with Crippen LogP contribution in [-0.4, -0.2) is 94.4 Å². The summed E-state index contributed by atoms with van der Waals surface area (Å²) in [6.07, 6.45) is 0.559. The third-order valence-electron chi connectivity index (χ3n) is 6.18. The Kier molecular flexibility index (Phi) is 8.51. The topological polar surface area (TPSA) is 80.3 Å². The fourth-order valence-electron chi connectivity index (χ4n) is 4.26. The smallest absolute Gasteiger partial charge is 0.253 e. The molecule has 0 saturated carbocycles. The highest BCUT2D eigenvalue weighted by atomic mass is 16.5. The average molecular weight is 468 g/mol.